The lowest BCUT2D eigenvalue weighted by Gasteiger charge is -2.23. The molecule has 1 saturated heterocycles. The smallest absolute Gasteiger partial charge is 0.223 e. The summed E-state index contributed by atoms with van der Waals surface area (Å²) >= 11 is 0. The van der Waals surface area contributed by atoms with Crippen LogP contribution >= 0.6 is 0 Å². The first-order valence-electron chi connectivity index (χ1n) is 8.93. The summed E-state index contributed by atoms with van der Waals surface area (Å²) in [6.07, 6.45) is 12.4. The first-order chi connectivity index (χ1) is 11.3. The zero-order valence-corrected chi connectivity index (χ0v) is 14.2. The first-order valence-corrected chi connectivity index (χ1v) is 8.93. The lowest BCUT2D eigenvalue weighted by atomic mass is 10.0. The summed E-state index contributed by atoms with van der Waals surface area (Å²) < 4.78 is 2.19. The molecule has 0 radical (unpaired) electrons. The van der Waals surface area contributed by atoms with Crippen LogP contribution in [-0.4, -0.2) is 51.4 Å². The van der Waals surface area contributed by atoms with Gasteiger partial charge in [0.05, 0.1) is 6.54 Å². The molecular formula is C18H28N4O. The lowest BCUT2D eigenvalue weighted by Crippen LogP contribution is -2.36. The van der Waals surface area contributed by atoms with Crippen LogP contribution in [0, 0.1) is 5.92 Å². The fourth-order valence-corrected chi connectivity index (χ4v) is 3.58. The fraction of sp³-hybridized carbons (Fsp3) is 0.667. The molecule has 5 nitrogen and oxygen atoms in total. The number of carbonyl (C=O) groups is 1. The van der Waals surface area contributed by atoms with Gasteiger partial charge in [0, 0.05) is 51.5 Å². The molecule has 2 aliphatic rings. The maximum Gasteiger partial charge on any atom is 0.223 e. The van der Waals surface area contributed by atoms with Crippen molar-refractivity contribution < 1.29 is 4.79 Å². The standard InChI is InChI=1S/C18H28N4O/c1-2-21-11-8-19-17(21)15-20-9-5-10-22(13-12-20)18(23)14-16-6-3-4-7-16/h3,6,8,11,16H,2,4-5,7,9-10,12-15H2,1H3/t16-/m0/s1. The van der Waals surface area contributed by atoms with Gasteiger partial charge in [-0.15, -0.1) is 0 Å². The number of carbonyl (C=O) groups excluding carboxylic acids is 1. The quantitative estimate of drug-likeness (QED) is 0.783. The van der Waals surface area contributed by atoms with Gasteiger partial charge in [0.1, 0.15) is 5.82 Å². The molecule has 1 fully saturated rings. The van der Waals surface area contributed by atoms with Gasteiger partial charge in [-0.1, -0.05) is 12.2 Å². The number of imidazole rings is 1. The number of hydrogen-bond donors (Lipinski definition) is 0. The Balaban J connectivity index is 1.50. The third kappa shape index (κ3) is 4.22. The number of amides is 1. The van der Waals surface area contributed by atoms with Crippen molar-refractivity contribution in [2.45, 2.75) is 45.7 Å². The molecule has 0 saturated carbocycles. The van der Waals surface area contributed by atoms with Crippen molar-refractivity contribution in [1.82, 2.24) is 19.4 Å². The highest BCUT2D eigenvalue weighted by atomic mass is 16.2. The van der Waals surface area contributed by atoms with E-state index < -0.39 is 0 Å². The summed E-state index contributed by atoms with van der Waals surface area (Å²) in [5.74, 6) is 1.93. The monoisotopic (exact) mass is 316 g/mol. The van der Waals surface area contributed by atoms with Gasteiger partial charge in [0.25, 0.3) is 0 Å². The molecule has 2 heterocycles. The van der Waals surface area contributed by atoms with Crippen LogP contribution in [0.2, 0.25) is 0 Å². The van der Waals surface area contributed by atoms with Crippen molar-refractivity contribution in [3.05, 3.63) is 30.4 Å². The summed E-state index contributed by atoms with van der Waals surface area (Å²) in [7, 11) is 0. The van der Waals surface area contributed by atoms with Crippen molar-refractivity contribution in [1.29, 1.82) is 0 Å². The van der Waals surface area contributed by atoms with Crippen LogP contribution in [-0.2, 0) is 17.9 Å². The zero-order valence-electron chi connectivity index (χ0n) is 14.2. The molecule has 126 valence electrons. The van der Waals surface area contributed by atoms with Crippen molar-refractivity contribution in [2.75, 3.05) is 26.2 Å². The third-order valence-corrected chi connectivity index (χ3v) is 5.00. The molecule has 0 spiro atoms. The van der Waals surface area contributed by atoms with Crippen molar-refractivity contribution >= 4 is 5.91 Å². The molecule has 1 amide bonds. The Kier molecular flexibility index (Phi) is 5.49. The maximum atomic E-state index is 12.5. The Bertz CT molecular complexity index is 551. The molecule has 3 rings (SSSR count). The predicted octanol–water partition coefficient (Wildman–Crippen LogP) is 2.29. The molecule has 5 heteroatoms. The minimum atomic E-state index is 0.332. The predicted molar refractivity (Wildman–Crippen MR) is 90.9 cm³/mol. The molecule has 1 aliphatic heterocycles. The van der Waals surface area contributed by atoms with Crippen LogP contribution in [0.4, 0.5) is 0 Å². The van der Waals surface area contributed by atoms with Crippen LogP contribution in [0.1, 0.15) is 38.4 Å². The van der Waals surface area contributed by atoms with Gasteiger partial charge in [-0.2, -0.15) is 0 Å². The van der Waals surface area contributed by atoms with Crippen LogP contribution in [0.5, 0.6) is 0 Å². The molecule has 0 unspecified atom stereocenters. The molecule has 23 heavy (non-hydrogen) atoms. The van der Waals surface area contributed by atoms with Gasteiger partial charge in [0.15, 0.2) is 0 Å². The van der Waals surface area contributed by atoms with E-state index in [4.69, 9.17) is 0 Å². The minimum absolute atomic E-state index is 0.332. The lowest BCUT2D eigenvalue weighted by molar-refractivity contribution is -0.131. The van der Waals surface area contributed by atoms with E-state index in [1.54, 1.807) is 0 Å². The number of aryl methyl sites for hydroxylation is 1. The number of nitrogens with zero attached hydrogens (tertiary/aromatic N) is 4. The second kappa shape index (κ2) is 7.77. The van der Waals surface area contributed by atoms with E-state index in [0.717, 1.165) is 64.4 Å². The Morgan fingerprint density at radius 3 is 3.00 bits per heavy atom. The third-order valence-electron chi connectivity index (χ3n) is 5.00. The molecule has 0 N–H and O–H groups in total. The Labute approximate surface area is 139 Å². The van der Waals surface area contributed by atoms with E-state index in [1.807, 2.05) is 12.4 Å². The Morgan fingerprint density at radius 2 is 2.22 bits per heavy atom. The fourth-order valence-electron chi connectivity index (χ4n) is 3.58. The number of hydrogen-bond acceptors (Lipinski definition) is 3. The average Bonchev–Trinajstić information content (AvgIpc) is 3.15. The van der Waals surface area contributed by atoms with E-state index in [2.05, 4.69) is 38.4 Å². The molecule has 1 aromatic heterocycles. The molecule has 0 bridgehead atoms. The Morgan fingerprint density at radius 1 is 1.30 bits per heavy atom. The Hall–Kier alpha value is -1.62. The minimum Gasteiger partial charge on any atom is -0.341 e. The van der Waals surface area contributed by atoms with Gasteiger partial charge in [-0.05, 0) is 32.1 Å². The van der Waals surface area contributed by atoms with Gasteiger partial charge in [-0.25, -0.2) is 4.98 Å². The zero-order chi connectivity index (χ0) is 16.1. The summed E-state index contributed by atoms with van der Waals surface area (Å²) in [6, 6.07) is 0. The van der Waals surface area contributed by atoms with Crippen LogP contribution in [0.15, 0.2) is 24.5 Å². The summed E-state index contributed by atoms with van der Waals surface area (Å²) in [5, 5.41) is 0. The highest BCUT2D eigenvalue weighted by Gasteiger charge is 2.22. The second-order valence-electron chi connectivity index (χ2n) is 6.61. The van der Waals surface area contributed by atoms with Crippen LogP contribution in [0.3, 0.4) is 0 Å². The van der Waals surface area contributed by atoms with E-state index >= 15 is 0 Å². The second-order valence-corrected chi connectivity index (χ2v) is 6.61. The average molecular weight is 316 g/mol. The highest BCUT2D eigenvalue weighted by Crippen LogP contribution is 2.21. The molecule has 1 aromatic rings. The molecule has 1 aliphatic carbocycles. The molecule has 0 aromatic carbocycles. The van der Waals surface area contributed by atoms with Gasteiger partial charge in [0.2, 0.25) is 5.91 Å². The number of rotatable bonds is 5. The van der Waals surface area contributed by atoms with Gasteiger partial charge in [-0.3, -0.25) is 9.69 Å². The van der Waals surface area contributed by atoms with E-state index in [-0.39, 0.29) is 0 Å². The van der Waals surface area contributed by atoms with Crippen LogP contribution < -0.4 is 0 Å². The van der Waals surface area contributed by atoms with Crippen molar-refractivity contribution in [3.63, 3.8) is 0 Å². The maximum absolute atomic E-state index is 12.5. The van der Waals surface area contributed by atoms with E-state index in [9.17, 15) is 4.79 Å². The topological polar surface area (TPSA) is 41.4 Å². The number of aromatic nitrogens is 2. The number of allylic oxidation sites excluding steroid dienone is 2. The van der Waals surface area contributed by atoms with E-state index in [1.165, 1.54) is 0 Å². The SMILES string of the molecule is CCn1ccnc1CN1CCCN(C(=O)C[C@H]2C=CCC2)CC1. The van der Waals surface area contributed by atoms with E-state index in [0.29, 0.717) is 18.2 Å². The van der Waals surface area contributed by atoms with Gasteiger partial charge < -0.3 is 9.47 Å². The first kappa shape index (κ1) is 16.2. The highest BCUT2D eigenvalue weighted by molar-refractivity contribution is 5.76. The molecular weight excluding hydrogens is 288 g/mol. The molecule has 1 atom stereocenters. The van der Waals surface area contributed by atoms with Crippen molar-refractivity contribution in [3.8, 4) is 0 Å². The summed E-state index contributed by atoms with van der Waals surface area (Å²) in [6.45, 7) is 7.73. The normalized spacial score (nSPS) is 22.5. The summed E-state index contributed by atoms with van der Waals surface area (Å²) in [4.78, 5) is 21.5. The van der Waals surface area contributed by atoms with Gasteiger partial charge >= 0.3 is 0 Å². The van der Waals surface area contributed by atoms with Crippen LogP contribution in [0.25, 0.3) is 0 Å². The largest absolute Gasteiger partial charge is 0.341 e. The van der Waals surface area contributed by atoms with Crippen molar-refractivity contribution in [2.24, 2.45) is 5.92 Å². The summed E-state index contributed by atoms with van der Waals surface area (Å²) in [5.41, 5.74) is 0.